The van der Waals surface area contributed by atoms with Crippen LogP contribution in [-0.4, -0.2) is 31.2 Å². The molecule has 0 amide bonds. The van der Waals surface area contributed by atoms with Crippen molar-refractivity contribution < 1.29 is 17.9 Å². The number of benzene rings is 2. The van der Waals surface area contributed by atoms with E-state index in [0.29, 0.717) is 28.0 Å². The molecule has 0 aliphatic carbocycles. The largest absolute Gasteiger partial charge is 0.435 e. The molecular weight excluding hydrogens is 435 g/mol. The highest BCUT2D eigenvalue weighted by molar-refractivity contribution is 5.87. The molecule has 0 bridgehead atoms. The normalized spacial score (nSPS) is 11.3. The van der Waals surface area contributed by atoms with Crippen molar-refractivity contribution >= 4 is 10.9 Å². The Kier molecular flexibility index (Phi) is 5.09. The highest BCUT2D eigenvalue weighted by Crippen LogP contribution is 2.25. The van der Waals surface area contributed by atoms with Gasteiger partial charge in [-0.05, 0) is 54.6 Å². The molecule has 7 nitrogen and oxygen atoms in total. The molecule has 0 fully saturated rings. The third-order valence-electron chi connectivity index (χ3n) is 4.93. The SMILES string of the molecule is O=c1ccn(-c2ccc(OC(F)F)cc2)nc1-c1ccnn1-c1ccnc2ccc(F)cc12. The number of hydrogen-bond donors (Lipinski definition) is 0. The van der Waals surface area contributed by atoms with Gasteiger partial charge in [0.05, 0.1) is 28.8 Å². The van der Waals surface area contributed by atoms with Crippen molar-refractivity contribution in [3.8, 4) is 28.5 Å². The summed E-state index contributed by atoms with van der Waals surface area (Å²) in [7, 11) is 0. The van der Waals surface area contributed by atoms with Crippen LogP contribution in [-0.2, 0) is 0 Å². The van der Waals surface area contributed by atoms with Gasteiger partial charge in [-0.1, -0.05) is 0 Å². The Morgan fingerprint density at radius 3 is 2.55 bits per heavy atom. The van der Waals surface area contributed by atoms with E-state index in [1.807, 2.05) is 0 Å². The van der Waals surface area contributed by atoms with Crippen LogP contribution in [0.1, 0.15) is 0 Å². The quantitative estimate of drug-likeness (QED) is 0.398. The molecule has 0 spiro atoms. The molecular formula is C23H14F3N5O2. The molecule has 2 aromatic carbocycles. The van der Waals surface area contributed by atoms with Gasteiger partial charge in [-0.25, -0.2) is 13.8 Å². The average Bonchev–Trinajstić information content (AvgIpc) is 3.28. The Hall–Kier alpha value is -4.47. The van der Waals surface area contributed by atoms with Gasteiger partial charge >= 0.3 is 6.61 Å². The van der Waals surface area contributed by atoms with E-state index in [1.165, 1.54) is 64.2 Å². The molecule has 10 heteroatoms. The first-order valence-corrected chi connectivity index (χ1v) is 9.74. The molecule has 0 saturated carbocycles. The fourth-order valence-electron chi connectivity index (χ4n) is 3.47. The van der Waals surface area contributed by atoms with Crippen LogP contribution in [0, 0.1) is 5.82 Å². The van der Waals surface area contributed by atoms with Gasteiger partial charge in [0.2, 0.25) is 5.43 Å². The van der Waals surface area contributed by atoms with Gasteiger partial charge in [0.15, 0.2) is 5.69 Å². The number of ether oxygens (including phenoxy) is 1. The Labute approximate surface area is 184 Å². The standard InChI is InChI=1S/C23H14F3N5O2/c24-14-1-6-18-17(13-14)19(7-10-27-18)31-20(8-11-28-31)22-21(32)9-12-30(29-22)15-2-4-16(5-3-15)33-23(25)26/h1-13,23H. The Morgan fingerprint density at radius 1 is 0.939 bits per heavy atom. The van der Waals surface area contributed by atoms with Crippen LogP contribution in [0.15, 0.2) is 84.0 Å². The number of halogens is 3. The second-order valence-corrected chi connectivity index (χ2v) is 6.97. The third kappa shape index (κ3) is 3.93. The molecule has 0 N–H and O–H groups in total. The van der Waals surface area contributed by atoms with Gasteiger partial charge in [-0.3, -0.25) is 9.78 Å². The highest BCUT2D eigenvalue weighted by Gasteiger charge is 2.16. The smallest absolute Gasteiger partial charge is 0.387 e. The van der Waals surface area contributed by atoms with Gasteiger partial charge in [-0.15, -0.1) is 0 Å². The van der Waals surface area contributed by atoms with Gasteiger partial charge in [0, 0.05) is 23.8 Å². The maximum absolute atomic E-state index is 13.9. The van der Waals surface area contributed by atoms with Crippen molar-refractivity contribution in [2.75, 3.05) is 0 Å². The molecule has 0 aliphatic heterocycles. The maximum Gasteiger partial charge on any atom is 0.387 e. The van der Waals surface area contributed by atoms with Crippen LogP contribution in [0.5, 0.6) is 5.75 Å². The molecule has 0 aliphatic rings. The zero-order chi connectivity index (χ0) is 22.9. The van der Waals surface area contributed by atoms with Crippen LogP contribution >= 0.6 is 0 Å². The molecule has 3 aromatic heterocycles. The zero-order valence-corrected chi connectivity index (χ0v) is 16.8. The lowest BCUT2D eigenvalue weighted by Crippen LogP contribution is -2.15. The number of hydrogen-bond acceptors (Lipinski definition) is 5. The van der Waals surface area contributed by atoms with Crippen molar-refractivity contribution in [2.24, 2.45) is 0 Å². The summed E-state index contributed by atoms with van der Waals surface area (Å²) in [6.07, 6.45) is 4.54. The molecule has 3 heterocycles. The van der Waals surface area contributed by atoms with Crippen molar-refractivity contribution in [3.63, 3.8) is 0 Å². The van der Waals surface area contributed by atoms with E-state index in [0.717, 1.165) is 0 Å². The molecule has 0 atom stereocenters. The summed E-state index contributed by atoms with van der Waals surface area (Å²) in [5.74, 6) is -0.421. The monoisotopic (exact) mass is 449 g/mol. The summed E-state index contributed by atoms with van der Waals surface area (Å²) >= 11 is 0. The number of nitrogens with zero attached hydrogens (tertiary/aromatic N) is 5. The molecule has 5 aromatic rings. The predicted molar refractivity (Wildman–Crippen MR) is 114 cm³/mol. The topological polar surface area (TPSA) is 74.8 Å². The number of alkyl halides is 2. The number of aromatic nitrogens is 5. The van der Waals surface area contributed by atoms with Crippen molar-refractivity contribution in [1.29, 1.82) is 0 Å². The molecule has 0 saturated heterocycles. The number of pyridine rings is 1. The molecule has 0 unspecified atom stereocenters. The maximum atomic E-state index is 13.9. The van der Waals surface area contributed by atoms with Crippen LogP contribution in [0.4, 0.5) is 13.2 Å². The van der Waals surface area contributed by atoms with Gasteiger partial charge in [0.25, 0.3) is 0 Å². The summed E-state index contributed by atoms with van der Waals surface area (Å²) in [4.78, 5) is 16.9. The second kappa shape index (κ2) is 8.23. The minimum Gasteiger partial charge on any atom is -0.435 e. The van der Waals surface area contributed by atoms with Crippen LogP contribution < -0.4 is 10.2 Å². The fraction of sp³-hybridized carbons (Fsp3) is 0.0435. The third-order valence-corrected chi connectivity index (χ3v) is 4.93. The lowest BCUT2D eigenvalue weighted by atomic mass is 10.1. The first-order valence-electron chi connectivity index (χ1n) is 9.74. The Bertz CT molecular complexity index is 1510. The van der Waals surface area contributed by atoms with Crippen LogP contribution in [0.25, 0.3) is 33.7 Å². The van der Waals surface area contributed by atoms with E-state index in [9.17, 15) is 18.0 Å². The van der Waals surface area contributed by atoms with E-state index < -0.39 is 12.4 Å². The van der Waals surface area contributed by atoms with E-state index in [4.69, 9.17) is 0 Å². The lowest BCUT2D eigenvalue weighted by Gasteiger charge is -2.12. The highest BCUT2D eigenvalue weighted by atomic mass is 19.3. The summed E-state index contributed by atoms with van der Waals surface area (Å²) in [5, 5.41) is 9.26. The summed E-state index contributed by atoms with van der Waals surface area (Å²) < 4.78 is 46.0. The first-order chi connectivity index (χ1) is 16.0. The van der Waals surface area contributed by atoms with Crippen molar-refractivity contribution in [1.82, 2.24) is 24.5 Å². The minimum absolute atomic E-state index is 0.00453. The first kappa shape index (κ1) is 20.4. The predicted octanol–water partition coefficient (Wildman–Crippen LogP) is 4.37. The van der Waals surface area contributed by atoms with Gasteiger partial charge in [-0.2, -0.15) is 19.0 Å². The molecule has 33 heavy (non-hydrogen) atoms. The minimum atomic E-state index is -2.92. The Balaban J connectivity index is 1.60. The van der Waals surface area contributed by atoms with Crippen molar-refractivity contribution in [2.45, 2.75) is 6.61 Å². The Morgan fingerprint density at radius 2 is 1.76 bits per heavy atom. The van der Waals surface area contributed by atoms with E-state index in [2.05, 4.69) is 19.9 Å². The molecule has 5 rings (SSSR count). The van der Waals surface area contributed by atoms with Crippen LogP contribution in [0.3, 0.4) is 0 Å². The summed E-state index contributed by atoms with van der Waals surface area (Å²) in [6.45, 7) is -2.92. The van der Waals surface area contributed by atoms with Gasteiger partial charge < -0.3 is 4.74 Å². The van der Waals surface area contributed by atoms with E-state index >= 15 is 0 Å². The average molecular weight is 449 g/mol. The summed E-state index contributed by atoms with van der Waals surface area (Å²) in [6, 6.07) is 14.7. The van der Waals surface area contributed by atoms with E-state index in [-0.39, 0.29) is 16.9 Å². The summed E-state index contributed by atoms with van der Waals surface area (Å²) in [5.41, 5.74) is 1.77. The van der Waals surface area contributed by atoms with Gasteiger partial charge in [0.1, 0.15) is 11.6 Å². The lowest BCUT2D eigenvalue weighted by molar-refractivity contribution is -0.0498. The zero-order valence-electron chi connectivity index (χ0n) is 16.8. The van der Waals surface area contributed by atoms with E-state index in [1.54, 1.807) is 24.4 Å². The van der Waals surface area contributed by atoms with Crippen LogP contribution in [0.2, 0.25) is 0 Å². The molecule has 164 valence electrons. The molecule has 0 radical (unpaired) electrons. The second-order valence-electron chi connectivity index (χ2n) is 6.97. The van der Waals surface area contributed by atoms with Crippen molar-refractivity contribution in [3.05, 3.63) is 95.3 Å². The fourth-order valence-corrected chi connectivity index (χ4v) is 3.47. The number of fused-ring (bicyclic) bond motifs is 1. The number of rotatable bonds is 5.